The lowest BCUT2D eigenvalue weighted by Crippen LogP contribution is -2.47. The quantitative estimate of drug-likeness (QED) is 0.747. The summed E-state index contributed by atoms with van der Waals surface area (Å²) in [5.41, 5.74) is 4.09. The van der Waals surface area contributed by atoms with E-state index >= 15 is 0 Å². The fourth-order valence-electron chi connectivity index (χ4n) is 1.40. The Morgan fingerprint density at radius 2 is 2.15 bits per heavy atom. The summed E-state index contributed by atoms with van der Waals surface area (Å²) < 4.78 is 24.5. The second-order valence-corrected chi connectivity index (χ2v) is 4.97. The Bertz CT molecular complexity index is 506. The number of hydrazine groups is 1. The second kappa shape index (κ2) is 7.39. The van der Waals surface area contributed by atoms with E-state index in [9.17, 15) is 18.4 Å². The minimum Gasteiger partial charge on any atom is -0.336 e. The van der Waals surface area contributed by atoms with Crippen molar-refractivity contribution in [3.05, 3.63) is 33.6 Å². The summed E-state index contributed by atoms with van der Waals surface area (Å²) in [4.78, 5) is 23.7. The van der Waals surface area contributed by atoms with Crippen LogP contribution in [0.2, 0.25) is 0 Å². The SMILES string of the molecule is C/C=C1/C(Cl)=CC(Br)=CN1CC(=O)NNC(=O)C(F)F. The highest BCUT2D eigenvalue weighted by Crippen LogP contribution is 2.28. The van der Waals surface area contributed by atoms with E-state index in [1.165, 1.54) is 4.90 Å². The maximum Gasteiger partial charge on any atom is 0.317 e. The lowest BCUT2D eigenvalue weighted by atomic mass is 10.2. The van der Waals surface area contributed by atoms with Gasteiger partial charge in [-0.15, -0.1) is 0 Å². The van der Waals surface area contributed by atoms with Gasteiger partial charge in [0.2, 0.25) is 0 Å². The van der Waals surface area contributed by atoms with Crippen LogP contribution < -0.4 is 10.9 Å². The largest absolute Gasteiger partial charge is 0.336 e. The fraction of sp³-hybridized carbons (Fsp3) is 0.273. The van der Waals surface area contributed by atoms with Crippen molar-refractivity contribution < 1.29 is 18.4 Å². The zero-order valence-corrected chi connectivity index (χ0v) is 12.6. The number of carbonyl (C=O) groups excluding carboxylic acids is 2. The molecular formula is C11H11BrClF2N3O2. The molecule has 0 spiro atoms. The molecule has 9 heteroatoms. The Balaban J connectivity index is 2.62. The Kier molecular flexibility index (Phi) is 6.15. The van der Waals surface area contributed by atoms with E-state index in [1.807, 2.05) is 5.43 Å². The first-order valence-corrected chi connectivity index (χ1v) is 6.57. The molecule has 0 unspecified atom stereocenters. The van der Waals surface area contributed by atoms with E-state index in [-0.39, 0.29) is 6.54 Å². The molecular weight excluding hydrogens is 359 g/mol. The monoisotopic (exact) mass is 369 g/mol. The summed E-state index contributed by atoms with van der Waals surface area (Å²) in [5.74, 6) is -2.24. The number of amides is 2. The highest BCUT2D eigenvalue weighted by Gasteiger charge is 2.20. The van der Waals surface area contributed by atoms with Gasteiger partial charge in [0.15, 0.2) is 0 Å². The minimum absolute atomic E-state index is 0.192. The van der Waals surface area contributed by atoms with Crippen molar-refractivity contribution in [2.75, 3.05) is 6.54 Å². The normalized spacial score (nSPS) is 16.9. The molecule has 0 atom stereocenters. The maximum atomic E-state index is 11.9. The fourth-order valence-corrected chi connectivity index (χ4v) is 2.35. The van der Waals surface area contributed by atoms with E-state index in [2.05, 4.69) is 15.9 Å². The number of rotatable bonds is 3. The molecule has 0 aromatic heterocycles. The van der Waals surface area contributed by atoms with Crippen molar-refractivity contribution in [1.29, 1.82) is 0 Å². The van der Waals surface area contributed by atoms with Crippen molar-refractivity contribution in [3.8, 4) is 0 Å². The van der Waals surface area contributed by atoms with E-state index < -0.39 is 18.2 Å². The van der Waals surface area contributed by atoms with Crippen LogP contribution >= 0.6 is 27.5 Å². The van der Waals surface area contributed by atoms with Gasteiger partial charge in [-0.1, -0.05) is 17.7 Å². The molecule has 0 saturated heterocycles. The molecule has 0 aromatic rings. The Morgan fingerprint density at radius 1 is 1.50 bits per heavy atom. The number of carbonyl (C=O) groups is 2. The standard InChI is InChI=1S/C11H11BrClF2N3O2/c1-2-8-7(13)3-6(12)4-18(8)5-9(19)16-17-11(20)10(14)15/h2-4,10H,5H2,1H3,(H,16,19)(H,17,20)/b8-2-. The van der Waals surface area contributed by atoms with Crippen LogP contribution in [0.25, 0.3) is 0 Å². The molecule has 1 heterocycles. The lowest BCUT2D eigenvalue weighted by molar-refractivity contribution is -0.136. The van der Waals surface area contributed by atoms with Gasteiger partial charge in [-0.3, -0.25) is 20.4 Å². The average molecular weight is 371 g/mol. The van der Waals surface area contributed by atoms with E-state index in [1.54, 1.807) is 30.7 Å². The molecule has 0 saturated carbocycles. The number of nitrogens with zero attached hydrogens (tertiary/aromatic N) is 1. The third kappa shape index (κ3) is 4.61. The van der Waals surface area contributed by atoms with Crippen LogP contribution in [-0.2, 0) is 9.59 Å². The average Bonchev–Trinajstić information content (AvgIpc) is 2.35. The summed E-state index contributed by atoms with van der Waals surface area (Å²) in [6.07, 6.45) is 1.77. The topological polar surface area (TPSA) is 61.4 Å². The molecule has 0 fully saturated rings. The predicted molar refractivity (Wildman–Crippen MR) is 73.7 cm³/mol. The first kappa shape index (κ1) is 16.6. The summed E-state index contributed by atoms with van der Waals surface area (Å²) in [6, 6.07) is 0. The van der Waals surface area contributed by atoms with Crippen LogP contribution in [0.5, 0.6) is 0 Å². The maximum absolute atomic E-state index is 11.9. The molecule has 0 aromatic carbocycles. The van der Waals surface area contributed by atoms with Crippen LogP contribution in [-0.4, -0.2) is 29.7 Å². The van der Waals surface area contributed by atoms with Crippen molar-refractivity contribution in [2.45, 2.75) is 13.3 Å². The first-order chi connectivity index (χ1) is 9.35. The number of hydrogen-bond donors (Lipinski definition) is 2. The molecule has 2 N–H and O–H groups in total. The summed E-state index contributed by atoms with van der Waals surface area (Å²) >= 11 is 9.23. The van der Waals surface area contributed by atoms with Crippen LogP contribution in [0.4, 0.5) is 8.78 Å². The van der Waals surface area contributed by atoms with Crippen molar-refractivity contribution in [1.82, 2.24) is 15.8 Å². The third-order valence-electron chi connectivity index (χ3n) is 2.21. The van der Waals surface area contributed by atoms with Crippen molar-refractivity contribution >= 4 is 39.3 Å². The molecule has 1 rings (SSSR count). The van der Waals surface area contributed by atoms with Crippen LogP contribution in [0, 0.1) is 0 Å². The molecule has 1 aliphatic rings. The first-order valence-electron chi connectivity index (χ1n) is 5.39. The zero-order chi connectivity index (χ0) is 15.3. The smallest absolute Gasteiger partial charge is 0.317 e. The summed E-state index contributed by atoms with van der Waals surface area (Å²) in [6.45, 7) is 1.55. The number of allylic oxidation sites excluding steroid dienone is 4. The van der Waals surface area contributed by atoms with Gasteiger partial charge in [0.25, 0.3) is 5.91 Å². The lowest BCUT2D eigenvalue weighted by Gasteiger charge is -2.26. The number of alkyl halides is 2. The van der Waals surface area contributed by atoms with Gasteiger partial charge in [-0.2, -0.15) is 8.78 Å². The highest BCUT2D eigenvalue weighted by atomic mass is 79.9. The van der Waals surface area contributed by atoms with E-state index in [0.717, 1.165) is 0 Å². The minimum atomic E-state index is -3.19. The summed E-state index contributed by atoms with van der Waals surface area (Å²) in [7, 11) is 0. The molecule has 110 valence electrons. The number of hydrogen-bond acceptors (Lipinski definition) is 3. The molecule has 20 heavy (non-hydrogen) atoms. The van der Waals surface area contributed by atoms with E-state index in [4.69, 9.17) is 11.6 Å². The van der Waals surface area contributed by atoms with Gasteiger partial charge in [0.1, 0.15) is 6.54 Å². The van der Waals surface area contributed by atoms with Crippen LogP contribution in [0.3, 0.4) is 0 Å². The van der Waals surface area contributed by atoms with Gasteiger partial charge in [0, 0.05) is 10.7 Å². The van der Waals surface area contributed by atoms with Gasteiger partial charge in [-0.25, -0.2) is 0 Å². The second-order valence-electron chi connectivity index (χ2n) is 3.65. The highest BCUT2D eigenvalue weighted by molar-refractivity contribution is 9.11. The molecule has 0 bridgehead atoms. The Morgan fingerprint density at radius 3 is 2.70 bits per heavy atom. The van der Waals surface area contributed by atoms with Crippen molar-refractivity contribution in [3.63, 3.8) is 0 Å². The van der Waals surface area contributed by atoms with Crippen LogP contribution in [0.1, 0.15) is 6.92 Å². The summed E-state index contributed by atoms with van der Waals surface area (Å²) in [5, 5.41) is 0.422. The molecule has 1 aliphatic heterocycles. The number of halogens is 4. The molecule has 5 nitrogen and oxygen atoms in total. The van der Waals surface area contributed by atoms with Crippen molar-refractivity contribution in [2.24, 2.45) is 0 Å². The number of nitrogens with one attached hydrogen (secondary N) is 2. The van der Waals surface area contributed by atoms with Gasteiger partial charge >= 0.3 is 12.3 Å². The van der Waals surface area contributed by atoms with Crippen LogP contribution in [0.15, 0.2) is 33.6 Å². The predicted octanol–water partition coefficient (Wildman–Crippen LogP) is 1.98. The van der Waals surface area contributed by atoms with Gasteiger partial charge in [0.05, 0.1) is 10.7 Å². The molecule has 0 aliphatic carbocycles. The Labute approximate surface area is 127 Å². The Hall–Kier alpha value is -1.41. The third-order valence-corrected chi connectivity index (χ3v) is 2.95. The molecule has 2 amide bonds. The molecule has 0 radical (unpaired) electrons. The van der Waals surface area contributed by atoms with Gasteiger partial charge < -0.3 is 4.90 Å². The van der Waals surface area contributed by atoms with E-state index in [0.29, 0.717) is 15.2 Å². The van der Waals surface area contributed by atoms with Gasteiger partial charge in [-0.05, 0) is 28.9 Å². The zero-order valence-electron chi connectivity index (χ0n) is 10.3.